The van der Waals surface area contributed by atoms with E-state index in [1.807, 2.05) is 24.5 Å². The molecule has 0 aromatic carbocycles. The molecule has 4 rings (SSSR count). The third kappa shape index (κ3) is 2.95. The van der Waals surface area contributed by atoms with E-state index in [0.717, 1.165) is 43.5 Å². The number of carbonyl (C=O) groups is 1. The zero-order valence-corrected chi connectivity index (χ0v) is 14.0. The Balaban J connectivity index is 1.50. The van der Waals surface area contributed by atoms with Crippen LogP contribution in [-0.4, -0.2) is 27.2 Å². The topological polar surface area (TPSA) is 59.8 Å². The van der Waals surface area contributed by atoms with Crippen molar-refractivity contribution in [1.82, 2.24) is 20.1 Å². The van der Waals surface area contributed by atoms with Crippen molar-refractivity contribution in [2.45, 2.75) is 51.5 Å². The van der Waals surface area contributed by atoms with Crippen LogP contribution in [0.1, 0.15) is 43.4 Å². The van der Waals surface area contributed by atoms with Gasteiger partial charge in [0.2, 0.25) is 5.91 Å². The van der Waals surface area contributed by atoms with E-state index in [-0.39, 0.29) is 11.8 Å². The van der Waals surface area contributed by atoms with Crippen LogP contribution in [0, 0.1) is 5.92 Å². The molecule has 0 unspecified atom stereocenters. The lowest BCUT2D eigenvalue weighted by molar-refractivity contribution is -0.127. The summed E-state index contributed by atoms with van der Waals surface area (Å²) in [5.74, 6) is 0.473. The number of carbonyl (C=O) groups excluding carboxylic acids is 1. The molecule has 0 spiro atoms. The highest BCUT2D eigenvalue weighted by Gasteiger charge is 2.25. The van der Waals surface area contributed by atoms with Gasteiger partial charge >= 0.3 is 0 Å². The number of pyridine rings is 1. The lowest BCUT2D eigenvalue weighted by Gasteiger charge is -2.24. The van der Waals surface area contributed by atoms with Crippen molar-refractivity contribution in [2.75, 3.05) is 6.54 Å². The number of hydrogen-bond donors (Lipinski definition) is 1. The Morgan fingerprint density at radius 2 is 1.96 bits per heavy atom. The van der Waals surface area contributed by atoms with E-state index >= 15 is 0 Å². The predicted octanol–water partition coefficient (Wildman–Crippen LogP) is 2.74. The molecule has 0 atom stereocenters. The summed E-state index contributed by atoms with van der Waals surface area (Å²) in [5, 5.41) is 7.95. The average molecular weight is 324 g/mol. The van der Waals surface area contributed by atoms with Crippen molar-refractivity contribution >= 4 is 5.91 Å². The van der Waals surface area contributed by atoms with Crippen molar-refractivity contribution < 1.29 is 4.79 Å². The van der Waals surface area contributed by atoms with E-state index in [1.54, 1.807) is 0 Å². The van der Waals surface area contributed by atoms with Gasteiger partial charge in [0.1, 0.15) is 0 Å². The Bertz CT molecular complexity index is 718. The predicted molar refractivity (Wildman–Crippen MR) is 92.5 cm³/mol. The number of rotatable bonds is 5. The van der Waals surface area contributed by atoms with E-state index in [0.29, 0.717) is 6.54 Å². The maximum Gasteiger partial charge on any atom is 0.223 e. The van der Waals surface area contributed by atoms with Gasteiger partial charge in [0.05, 0.1) is 12.2 Å². The molecule has 5 nitrogen and oxygen atoms in total. The van der Waals surface area contributed by atoms with Gasteiger partial charge in [-0.25, -0.2) is 0 Å². The molecule has 1 N–H and O–H groups in total. The molecule has 126 valence electrons. The fraction of sp³-hybridized carbons (Fsp3) is 0.526. The standard InChI is InChI=1S/C19H24N4O/c24-19(15-4-3-5-15)21-12-13-23-17-7-2-1-6-16(17)18(22-23)14-8-10-20-11-9-14/h8-11,15H,1-7,12-13H2,(H,21,24). The molecule has 0 bridgehead atoms. The van der Waals surface area contributed by atoms with Crippen LogP contribution in [0.5, 0.6) is 0 Å². The molecule has 1 saturated carbocycles. The van der Waals surface area contributed by atoms with Crippen LogP contribution < -0.4 is 5.32 Å². The quantitative estimate of drug-likeness (QED) is 0.920. The second kappa shape index (κ2) is 6.75. The van der Waals surface area contributed by atoms with Crippen molar-refractivity contribution in [3.8, 4) is 11.3 Å². The van der Waals surface area contributed by atoms with Gasteiger partial charge < -0.3 is 5.32 Å². The zero-order valence-electron chi connectivity index (χ0n) is 14.0. The number of nitrogens with zero attached hydrogens (tertiary/aromatic N) is 3. The first kappa shape index (κ1) is 15.4. The molecule has 2 aromatic rings. The first-order valence-electron chi connectivity index (χ1n) is 9.09. The van der Waals surface area contributed by atoms with Gasteiger partial charge in [-0.15, -0.1) is 0 Å². The smallest absolute Gasteiger partial charge is 0.223 e. The van der Waals surface area contributed by atoms with Gasteiger partial charge in [-0.2, -0.15) is 5.10 Å². The highest BCUT2D eigenvalue weighted by atomic mass is 16.1. The third-order valence-corrected chi connectivity index (χ3v) is 5.31. The van der Waals surface area contributed by atoms with Crippen molar-refractivity contribution in [3.05, 3.63) is 35.8 Å². The monoisotopic (exact) mass is 324 g/mol. The molecule has 2 aliphatic rings. The summed E-state index contributed by atoms with van der Waals surface area (Å²) in [6.07, 6.45) is 11.6. The van der Waals surface area contributed by atoms with Gasteiger partial charge in [0, 0.05) is 41.7 Å². The van der Waals surface area contributed by atoms with E-state index in [1.165, 1.54) is 30.5 Å². The van der Waals surface area contributed by atoms with E-state index in [2.05, 4.69) is 15.0 Å². The van der Waals surface area contributed by atoms with Crippen LogP contribution in [0.4, 0.5) is 0 Å². The molecule has 1 amide bonds. The molecule has 2 aromatic heterocycles. The van der Waals surface area contributed by atoms with Crippen molar-refractivity contribution in [1.29, 1.82) is 0 Å². The Hall–Kier alpha value is -2.17. The summed E-state index contributed by atoms with van der Waals surface area (Å²) < 4.78 is 2.12. The number of aromatic nitrogens is 3. The molecule has 2 heterocycles. The summed E-state index contributed by atoms with van der Waals surface area (Å²) >= 11 is 0. The minimum absolute atomic E-state index is 0.219. The summed E-state index contributed by atoms with van der Waals surface area (Å²) in [5.41, 5.74) is 4.97. The number of nitrogens with one attached hydrogen (secondary N) is 1. The SMILES string of the molecule is O=C(NCCn1nc(-c2ccncc2)c2c1CCCC2)C1CCC1. The van der Waals surface area contributed by atoms with E-state index < -0.39 is 0 Å². The fourth-order valence-electron chi connectivity index (χ4n) is 3.70. The lowest BCUT2D eigenvalue weighted by Crippen LogP contribution is -2.36. The number of amides is 1. The molecular formula is C19H24N4O. The second-order valence-electron chi connectivity index (χ2n) is 6.86. The van der Waals surface area contributed by atoms with Crippen LogP contribution in [0.3, 0.4) is 0 Å². The minimum atomic E-state index is 0.219. The maximum atomic E-state index is 12.0. The fourth-order valence-corrected chi connectivity index (χ4v) is 3.70. The van der Waals surface area contributed by atoms with Crippen molar-refractivity contribution in [2.24, 2.45) is 5.92 Å². The van der Waals surface area contributed by atoms with Gasteiger partial charge in [0.15, 0.2) is 0 Å². The van der Waals surface area contributed by atoms with Crippen LogP contribution in [0.2, 0.25) is 0 Å². The second-order valence-corrected chi connectivity index (χ2v) is 6.86. The largest absolute Gasteiger partial charge is 0.354 e. The molecular weight excluding hydrogens is 300 g/mol. The number of fused-ring (bicyclic) bond motifs is 1. The van der Waals surface area contributed by atoms with Gasteiger partial charge in [-0.05, 0) is 50.7 Å². The normalized spacial score (nSPS) is 17.2. The molecule has 5 heteroatoms. The summed E-state index contributed by atoms with van der Waals surface area (Å²) in [4.78, 5) is 16.1. The molecule has 24 heavy (non-hydrogen) atoms. The third-order valence-electron chi connectivity index (χ3n) is 5.31. The first-order valence-corrected chi connectivity index (χ1v) is 9.09. The first-order chi connectivity index (χ1) is 11.8. The van der Waals surface area contributed by atoms with E-state index in [4.69, 9.17) is 5.10 Å². The van der Waals surface area contributed by atoms with E-state index in [9.17, 15) is 4.79 Å². The Labute approximate surface area is 142 Å². The van der Waals surface area contributed by atoms with Crippen LogP contribution in [0.25, 0.3) is 11.3 Å². The van der Waals surface area contributed by atoms with Crippen LogP contribution in [-0.2, 0) is 24.2 Å². The molecule has 1 fully saturated rings. The minimum Gasteiger partial charge on any atom is -0.354 e. The maximum absolute atomic E-state index is 12.0. The Kier molecular flexibility index (Phi) is 4.32. The van der Waals surface area contributed by atoms with Gasteiger partial charge in [-0.3, -0.25) is 14.5 Å². The molecule has 2 aliphatic carbocycles. The molecule has 0 saturated heterocycles. The summed E-state index contributed by atoms with van der Waals surface area (Å²) in [6, 6.07) is 4.06. The average Bonchev–Trinajstić information content (AvgIpc) is 2.93. The van der Waals surface area contributed by atoms with Crippen LogP contribution >= 0.6 is 0 Å². The zero-order chi connectivity index (χ0) is 16.4. The lowest BCUT2D eigenvalue weighted by atomic mass is 9.85. The summed E-state index contributed by atoms with van der Waals surface area (Å²) in [7, 11) is 0. The molecule has 0 aliphatic heterocycles. The highest BCUT2D eigenvalue weighted by molar-refractivity contribution is 5.79. The Morgan fingerprint density at radius 3 is 2.71 bits per heavy atom. The Morgan fingerprint density at radius 1 is 1.17 bits per heavy atom. The highest BCUT2D eigenvalue weighted by Crippen LogP contribution is 2.31. The summed E-state index contributed by atoms with van der Waals surface area (Å²) in [6.45, 7) is 1.42. The van der Waals surface area contributed by atoms with Crippen LogP contribution in [0.15, 0.2) is 24.5 Å². The number of hydrogen-bond acceptors (Lipinski definition) is 3. The van der Waals surface area contributed by atoms with Crippen molar-refractivity contribution in [3.63, 3.8) is 0 Å². The van der Waals surface area contributed by atoms with Gasteiger partial charge in [-0.1, -0.05) is 6.42 Å². The van der Waals surface area contributed by atoms with Gasteiger partial charge in [0.25, 0.3) is 0 Å². The molecule has 0 radical (unpaired) electrons.